The van der Waals surface area contributed by atoms with Crippen molar-refractivity contribution in [3.8, 4) is 0 Å². The van der Waals surface area contributed by atoms with Gasteiger partial charge in [-0.3, -0.25) is 0 Å². The van der Waals surface area contributed by atoms with Gasteiger partial charge in [0.05, 0.1) is 6.61 Å². The minimum Gasteiger partial charge on any atom is -0.383 e. The van der Waals surface area contributed by atoms with Crippen LogP contribution in [0.4, 0.5) is 0 Å². The fourth-order valence-corrected chi connectivity index (χ4v) is 2.68. The number of nitrogens with one attached hydrogen (secondary N) is 1. The van der Waals surface area contributed by atoms with Gasteiger partial charge in [-0.1, -0.05) is 19.8 Å². The molecule has 3 nitrogen and oxygen atoms in total. The van der Waals surface area contributed by atoms with E-state index in [-0.39, 0.29) is 0 Å². The van der Waals surface area contributed by atoms with Crippen LogP contribution in [0.3, 0.4) is 0 Å². The number of hydrogen-bond acceptors (Lipinski definition) is 3. The summed E-state index contributed by atoms with van der Waals surface area (Å²) in [6.07, 6.45) is 5.58. The van der Waals surface area contributed by atoms with Crippen molar-refractivity contribution in [2.24, 2.45) is 5.92 Å². The summed E-state index contributed by atoms with van der Waals surface area (Å²) in [5.41, 5.74) is 0. The second-order valence-electron chi connectivity index (χ2n) is 5.38. The number of nitrogens with zero attached hydrogens (tertiary/aromatic N) is 1. The maximum absolute atomic E-state index is 5.11. The molecule has 0 aromatic rings. The molecule has 0 saturated carbocycles. The van der Waals surface area contributed by atoms with Gasteiger partial charge in [0, 0.05) is 26.2 Å². The topological polar surface area (TPSA) is 24.5 Å². The molecule has 0 radical (unpaired) electrons. The predicted molar refractivity (Wildman–Crippen MR) is 73.4 cm³/mol. The number of ether oxygens (including phenoxy) is 1. The Morgan fingerprint density at radius 1 is 1.35 bits per heavy atom. The van der Waals surface area contributed by atoms with Gasteiger partial charge in [-0.05, 0) is 38.8 Å². The minimum atomic E-state index is 0.470. The molecule has 1 aliphatic rings. The standard InChI is InChI=1S/C14H30N2O/c1-4-5-14-6-9-16(10-7-14)11-8-15-13(2)12-17-3/h13-15H,4-12H2,1-3H3. The molecule has 1 unspecified atom stereocenters. The number of hydrogen-bond donors (Lipinski definition) is 1. The number of methoxy groups -OCH3 is 1. The number of rotatable bonds is 8. The highest BCUT2D eigenvalue weighted by Gasteiger charge is 2.17. The van der Waals surface area contributed by atoms with Crippen molar-refractivity contribution in [3.05, 3.63) is 0 Å². The molecule has 0 aliphatic carbocycles. The highest BCUT2D eigenvalue weighted by molar-refractivity contribution is 4.73. The fraction of sp³-hybridized carbons (Fsp3) is 1.00. The van der Waals surface area contributed by atoms with Gasteiger partial charge in [-0.25, -0.2) is 0 Å². The summed E-state index contributed by atoms with van der Waals surface area (Å²) in [6, 6.07) is 0.470. The first-order valence-corrected chi connectivity index (χ1v) is 7.21. The van der Waals surface area contributed by atoms with Crippen LogP contribution in [0.2, 0.25) is 0 Å². The van der Waals surface area contributed by atoms with Crippen molar-refractivity contribution in [2.75, 3.05) is 39.9 Å². The lowest BCUT2D eigenvalue weighted by atomic mass is 9.92. The summed E-state index contributed by atoms with van der Waals surface area (Å²) in [6.45, 7) is 10.1. The van der Waals surface area contributed by atoms with Gasteiger partial charge >= 0.3 is 0 Å². The summed E-state index contributed by atoms with van der Waals surface area (Å²) in [7, 11) is 1.76. The molecule has 1 fully saturated rings. The maximum Gasteiger partial charge on any atom is 0.0613 e. The van der Waals surface area contributed by atoms with Gasteiger partial charge in [-0.2, -0.15) is 0 Å². The molecule has 0 bridgehead atoms. The molecule has 3 heteroatoms. The normalized spacial score (nSPS) is 20.6. The molecule has 1 rings (SSSR count). The molecule has 0 aromatic heterocycles. The molecule has 0 aromatic carbocycles. The zero-order valence-corrected chi connectivity index (χ0v) is 11.9. The fourth-order valence-electron chi connectivity index (χ4n) is 2.68. The van der Waals surface area contributed by atoms with Gasteiger partial charge in [-0.15, -0.1) is 0 Å². The van der Waals surface area contributed by atoms with E-state index >= 15 is 0 Å². The Labute approximate surface area is 107 Å². The smallest absolute Gasteiger partial charge is 0.0613 e. The van der Waals surface area contributed by atoms with Crippen LogP contribution in [-0.2, 0) is 4.74 Å². The van der Waals surface area contributed by atoms with Crippen molar-refractivity contribution in [1.29, 1.82) is 0 Å². The third-order valence-corrected chi connectivity index (χ3v) is 3.74. The summed E-state index contributed by atoms with van der Waals surface area (Å²) in [5, 5.41) is 3.50. The van der Waals surface area contributed by atoms with Crippen LogP contribution in [0.25, 0.3) is 0 Å². The van der Waals surface area contributed by atoms with Crippen molar-refractivity contribution in [1.82, 2.24) is 10.2 Å². The Balaban J connectivity index is 2.02. The second-order valence-corrected chi connectivity index (χ2v) is 5.38. The van der Waals surface area contributed by atoms with Crippen LogP contribution >= 0.6 is 0 Å². The first-order valence-electron chi connectivity index (χ1n) is 7.21. The molecule has 1 atom stereocenters. The molecule has 1 aliphatic heterocycles. The van der Waals surface area contributed by atoms with E-state index in [4.69, 9.17) is 4.74 Å². The van der Waals surface area contributed by atoms with E-state index in [0.29, 0.717) is 6.04 Å². The highest BCUT2D eigenvalue weighted by atomic mass is 16.5. The van der Waals surface area contributed by atoms with Crippen LogP contribution in [-0.4, -0.2) is 50.8 Å². The lowest BCUT2D eigenvalue weighted by Crippen LogP contribution is -2.41. The molecular weight excluding hydrogens is 212 g/mol. The first-order chi connectivity index (χ1) is 8.26. The zero-order valence-electron chi connectivity index (χ0n) is 11.9. The van der Waals surface area contributed by atoms with Crippen molar-refractivity contribution in [2.45, 2.75) is 45.6 Å². The van der Waals surface area contributed by atoms with E-state index in [0.717, 1.165) is 19.1 Å². The third-order valence-electron chi connectivity index (χ3n) is 3.74. The molecule has 0 amide bonds. The summed E-state index contributed by atoms with van der Waals surface area (Å²) >= 11 is 0. The Kier molecular flexibility index (Phi) is 7.82. The molecule has 1 heterocycles. The van der Waals surface area contributed by atoms with E-state index in [1.54, 1.807) is 7.11 Å². The molecule has 1 N–H and O–H groups in total. The van der Waals surface area contributed by atoms with Crippen LogP contribution in [0.15, 0.2) is 0 Å². The van der Waals surface area contributed by atoms with Crippen LogP contribution < -0.4 is 5.32 Å². The Morgan fingerprint density at radius 3 is 2.65 bits per heavy atom. The Morgan fingerprint density at radius 2 is 2.06 bits per heavy atom. The summed E-state index contributed by atoms with van der Waals surface area (Å²) < 4.78 is 5.11. The van der Waals surface area contributed by atoms with Crippen molar-refractivity contribution < 1.29 is 4.74 Å². The Bertz CT molecular complexity index is 179. The largest absolute Gasteiger partial charge is 0.383 e. The van der Waals surface area contributed by atoms with Crippen LogP contribution in [0.5, 0.6) is 0 Å². The average Bonchev–Trinajstić information content (AvgIpc) is 2.32. The van der Waals surface area contributed by atoms with E-state index in [9.17, 15) is 0 Å². The SMILES string of the molecule is CCCC1CCN(CCNC(C)COC)CC1. The van der Waals surface area contributed by atoms with Crippen molar-refractivity contribution >= 4 is 0 Å². The lowest BCUT2D eigenvalue weighted by molar-refractivity contribution is 0.158. The monoisotopic (exact) mass is 242 g/mol. The van der Waals surface area contributed by atoms with Crippen molar-refractivity contribution in [3.63, 3.8) is 0 Å². The molecule has 102 valence electrons. The second kappa shape index (κ2) is 8.90. The quantitative estimate of drug-likeness (QED) is 0.705. The van der Waals surface area contributed by atoms with Gasteiger partial charge in [0.25, 0.3) is 0 Å². The molecule has 17 heavy (non-hydrogen) atoms. The molecular formula is C14H30N2O. The van der Waals surface area contributed by atoms with E-state index in [1.807, 2.05) is 0 Å². The summed E-state index contributed by atoms with van der Waals surface area (Å²) in [5.74, 6) is 0.997. The number of piperidine rings is 1. The molecule has 0 spiro atoms. The van der Waals surface area contributed by atoms with Gasteiger partial charge in [0.15, 0.2) is 0 Å². The summed E-state index contributed by atoms with van der Waals surface area (Å²) in [4.78, 5) is 2.60. The van der Waals surface area contributed by atoms with Crippen LogP contribution in [0.1, 0.15) is 39.5 Å². The van der Waals surface area contributed by atoms with Gasteiger partial charge in [0.2, 0.25) is 0 Å². The zero-order chi connectivity index (χ0) is 12.5. The van der Waals surface area contributed by atoms with Gasteiger partial charge in [0.1, 0.15) is 0 Å². The number of likely N-dealkylation sites (tertiary alicyclic amines) is 1. The third kappa shape index (κ3) is 6.39. The van der Waals surface area contributed by atoms with Crippen LogP contribution in [0, 0.1) is 5.92 Å². The predicted octanol–water partition coefficient (Wildman–Crippen LogP) is 2.12. The van der Waals surface area contributed by atoms with Gasteiger partial charge < -0.3 is 15.0 Å². The van der Waals surface area contributed by atoms with E-state index < -0.39 is 0 Å². The lowest BCUT2D eigenvalue weighted by Gasteiger charge is -2.32. The first kappa shape index (κ1) is 14.9. The highest BCUT2D eigenvalue weighted by Crippen LogP contribution is 2.21. The average molecular weight is 242 g/mol. The maximum atomic E-state index is 5.11. The molecule has 1 saturated heterocycles. The minimum absolute atomic E-state index is 0.470. The van der Waals surface area contributed by atoms with E-state index in [2.05, 4.69) is 24.1 Å². The van der Waals surface area contributed by atoms with E-state index in [1.165, 1.54) is 45.3 Å². The Hall–Kier alpha value is -0.120.